The van der Waals surface area contributed by atoms with E-state index in [9.17, 15) is 0 Å². The molecule has 72 valence electrons. The molecule has 1 aliphatic rings. The molecular formula is C9H21N3. The van der Waals surface area contributed by atoms with Crippen LogP contribution in [0.3, 0.4) is 0 Å². The highest BCUT2D eigenvalue weighted by molar-refractivity contribution is 4.88. The summed E-state index contributed by atoms with van der Waals surface area (Å²) in [5.74, 6) is 0. The smallest absolute Gasteiger partial charge is 0.0348 e. The molecule has 0 aromatic heterocycles. The molecule has 0 amide bonds. The van der Waals surface area contributed by atoms with E-state index in [2.05, 4.69) is 30.7 Å². The molecule has 0 aliphatic carbocycles. The molecule has 0 aromatic carbocycles. The number of nitrogens with zero attached hydrogens (tertiary/aromatic N) is 2. The predicted molar refractivity (Wildman–Crippen MR) is 52.2 cm³/mol. The van der Waals surface area contributed by atoms with Gasteiger partial charge in [0.25, 0.3) is 0 Å². The van der Waals surface area contributed by atoms with Crippen molar-refractivity contribution < 1.29 is 0 Å². The van der Waals surface area contributed by atoms with Crippen LogP contribution in [-0.2, 0) is 0 Å². The molecule has 0 bridgehead atoms. The topological polar surface area (TPSA) is 32.5 Å². The Hall–Kier alpha value is -0.120. The van der Waals surface area contributed by atoms with E-state index in [1.54, 1.807) is 0 Å². The van der Waals surface area contributed by atoms with E-state index in [1.807, 2.05) is 0 Å². The van der Waals surface area contributed by atoms with Crippen LogP contribution in [0.15, 0.2) is 0 Å². The number of hydrogen-bond acceptors (Lipinski definition) is 3. The standard InChI is InChI=1S/C9H21N3/c1-8(2)12-6-9(7-12)11(3)5-4-10/h8-9H,4-7,10H2,1-3H3. The van der Waals surface area contributed by atoms with Crippen LogP contribution in [0.2, 0.25) is 0 Å². The molecule has 3 nitrogen and oxygen atoms in total. The van der Waals surface area contributed by atoms with Crippen LogP contribution >= 0.6 is 0 Å². The summed E-state index contributed by atoms with van der Waals surface area (Å²) in [7, 11) is 2.16. The molecule has 0 aromatic rings. The fourth-order valence-corrected chi connectivity index (χ4v) is 1.57. The highest BCUT2D eigenvalue weighted by atomic mass is 15.3. The highest BCUT2D eigenvalue weighted by Gasteiger charge is 2.30. The second-order valence-electron chi connectivity index (χ2n) is 3.97. The molecule has 1 heterocycles. The zero-order chi connectivity index (χ0) is 9.14. The van der Waals surface area contributed by atoms with E-state index in [4.69, 9.17) is 5.73 Å². The van der Waals surface area contributed by atoms with Gasteiger partial charge in [0.1, 0.15) is 0 Å². The van der Waals surface area contributed by atoms with Gasteiger partial charge in [0.05, 0.1) is 0 Å². The lowest BCUT2D eigenvalue weighted by atomic mass is 10.1. The van der Waals surface area contributed by atoms with Crippen molar-refractivity contribution in [3.05, 3.63) is 0 Å². The lowest BCUT2D eigenvalue weighted by Gasteiger charge is -2.46. The molecular weight excluding hydrogens is 150 g/mol. The predicted octanol–water partition coefficient (Wildman–Crippen LogP) is -0.0305. The van der Waals surface area contributed by atoms with E-state index in [0.29, 0.717) is 6.04 Å². The average molecular weight is 171 g/mol. The summed E-state index contributed by atoms with van der Waals surface area (Å²) in [6.07, 6.45) is 0. The number of nitrogens with two attached hydrogens (primary N) is 1. The Balaban J connectivity index is 2.16. The number of hydrogen-bond donors (Lipinski definition) is 1. The zero-order valence-corrected chi connectivity index (χ0v) is 8.45. The van der Waals surface area contributed by atoms with Gasteiger partial charge in [0.15, 0.2) is 0 Å². The summed E-state index contributed by atoms with van der Waals surface area (Å²) < 4.78 is 0. The van der Waals surface area contributed by atoms with Gasteiger partial charge in [-0.1, -0.05) is 0 Å². The summed E-state index contributed by atoms with van der Waals surface area (Å²) in [6.45, 7) is 8.73. The van der Waals surface area contributed by atoms with E-state index >= 15 is 0 Å². The van der Waals surface area contributed by atoms with Crippen LogP contribution in [0.1, 0.15) is 13.8 Å². The molecule has 2 N–H and O–H groups in total. The van der Waals surface area contributed by atoms with E-state index in [0.717, 1.165) is 19.1 Å². The molecule has 0 atom stereocenters. The first-order valence-electron chi connectivity index (χ1n) is 4.79. The summed E-state index contributed by atoms with van der Waals surface area (Å²) >= 11 is 0. The third-order valence-corrected chi connectivity index (χ3v) is 2.73. The summed E-state index contributed by atoms with van der Waals surface area (Å²) in [5.41, 5.74) is 5.49. The fraction of sp³-hybridized carbons (Fsp3) is 1.00. The number of likely N-dealkylation sites (N-methyl/N-ethyl adjacent to an activating group) is 1. The largest absolute Gasteiger partial charge is 0.329 e. The molecule has 1 aliphatic heterocycles. The van der Waals surface area contributed by atoms with Gasteiger partial charge in [0.2, 0.25) is 0 Å². The maximum absolute atomic E-state index is 5.49. The molecule has 12 heavy (non-hydrogen) atoms. The molecule has 1 fully saturated rings. The number of rotatable bonds is 4. The SMILES string of the molecule is CC(C)N1CC(N(C)CCN)C1. The molecule has 1 rings (SSSR count). The van der Waals surface area contributed by atoms with Crippen molar-refractivity contribution in [2.24, 2.45) is 5.73 Å². The lowest BCUT2D eigenvalue weighted by molar-refractivity contribution is 0.0285. The van der Waals surface area contributed by atoms with Crippen molar-refractivity contribution in [1.82, 2.24) is 9.80 Å². The Morgan fingerprint density at radius 2 is 2.08 bits per heavy atom. The Kier molecular flexibility index (Phi) is 3.50. The second kappa shape index (κ2) is 4.21. The van der Waals surface area contributed by atoms with Crippen molar-refractivity contribution in [2.45, 2.75) is 25.9 Å². The van der Waals surface area contributed by atoms with Crippen molar-refractivity contribution in [3.63, 3.8) is 0 Å². The number of likely N-dealkylation sites (tertiary alicyclic amines) is 1. The normalized spacial score (nSPS) is 20.5. The maximum Gasteiger partial charge on any atom is 0.0348 e. The maximum atomic E-state index is 5.49. The minimum Gasteiger partial charge on any atom is -0.329 e. The molecule has 1 saturated heterocycles. The first kappa shape index (κ1) is 9.96. The molecule has 0 radical (unpaired) electrons. The third kappa shape index (κ3) is 2.19. The molecule has 0 spiro atoms. The van der Waals surface area contributed by atoms with Crippen LogP contribution in [-0.4, -0.2) is 55.1 Å². The molecule has 0 saturated carbocycles. The van der Waals surface area contributed by atoms with Crippen LogP contribution in [0.5, 0.6) is 0 Å². The first-order valence-corrected chi connectivity index (χ1v) is 4.79. The highest BCUT2D eigenvalue weighted by Crippen LogP contribution is 2.15. The Morgan fingerprint density at radius 3 is 2.50 bits per heavy atom. The van der Waals surface area contributed by atoms with Crippen molar-refractivity contribution in [3.8, 4) is 0 Å². The van der Waals surface area contributed by atoms with E-state index < -0.39 is 0 Å². The fourth-order valence-electron chi connectivity index (χ4n) is 1.57. The van der Waals surface area contributed by atoms with Crippen molar-refractivity contribution in [2.75, 3.05) is 33.2 Å². The molecule has 3 heteroatoms. The quantitative estimate of drug-likeness (QED) is 0.645. The third-order valence-electron chi connectivity index (χ3n) is 2.73. The lowest BCUT2D eigenvalue weighted by Crippen LogP contribution is -2.60. The van der Waals surface area contributed by atoms with Crippen molar-refractivity contribution in [1.29, 1.82) is 0 Å². The van der Waals surface area contributed by atoms with Crippen LogP contribution < -0.4 is 5.73 Å². The van der Waals surface area contributed by atoms with Gasteiger partial charge in [-0.05, 0) is 20.9 Å². The van der Waals surface area contributed by atoms with Gasteiger partial charge in [-0.15, -0.1) is 0 Å². The van der Waals surface area contributed by atoms with Crippen LogP contribution in [0, 0.1) is 0 Å². The Bertz CT molecular complexity index is 130. The Morgan fingerprint density at radius 1 is 1.50 bits per heavy atom. The van der Waals surface area contributed by atoms with Gasteiger partial charge in [0, 0.05) is 38.3 Å². The van der Waals surface area contributed by atoms with Crippen LogP contribution in [0.4, 0.5) is 0 Å². The van der Waals surface area contributed by atoms with Crippen molar-refractivity contribution >= 4 is 0 Å². The summed E-state index contributed by atoms with van der Waals surface area (Å²) in [5, 5.41) is 0. The zero-order valence-electron chi connectivity index (χ0n) is 8.45. The van der Waals surface area contributed by atoms with E-state index in [-0.39, 0.29) is 0 Å². The average Bonchev–Trinajstić information content (AvgIpc) is 1.82. The first-order chi connectivity index (χ1) is 5.65. The van der Waals surface area contributed by atoms with Gasteiger partial charge in [-0.2, -0.15) is 0 Å². The van der Waals surface area contributed by atoms with Gasteiger partial charge < -0.3 is 5.73 Å². The summed E-state index contributed by atoms with van der Waals surface area (Å²) in [6, 6.07) is 1.45. The minimum atomic E-state index is 0.701. The second-order valence-corrected chi connectivity index (χ2v) is 3.97. The minimum absolute atomic E-state index is 0.701. The monoisotopic (exact) mass is 171 g/mol. The van der Waals surface area contributed by atoms with Crippen LogP contribution in [0.25, 0.3) is 0 Å². The Labute approximate surface area is 75.5 Å². The molecule has 0 unspecified atom stereocenters. The van der Waals surface area contributed by atoms with Gasteiger partial charge in [-0.3, -0.25) is 9.80 Å². The van der Waals surface area contributed by atoms with E-state index in [1.165, 1.54) is 13.1 Å². The van der Waals surface area contributed by atoms with Gasteiger partial charge >= 0.3 is 0 Å². The summed E-state index contributed by atoms with van der Waals surface area (Å²) in [4.78, 5) is 4.84. The van der Waals surface area contributed by atoms with Gasteiger partial charge in [-0.25, -0.2) is 0 Å².